The lowest BCUT2D eigenvalue weighted by atomic mass is 9.99. The van der Waals surface area contributed by atoms with Crippen molar-refractivity contribution in [3.05, 3.63) is 29.1 Å². The molecule has 0 saturated carbocycles. The number of nitrogens with zero attached hydrogens (tertiary/aromatic N) is 1. The van der Waals surface area contributed by atoms with Crippen LogP contribution in [0.25, 0.3) is 0 Å². The van der Waals surface area contributed by atoms with E-state index in [1.54, 1.807) is 6.07 Å². The van der Waals surface area contributed by atoms with Gasteiger partial charge in [0.15, 0.2) is 0 Å². The zero-order chi connectivity index (χ0) is 15.4. The highest BCUT2D eigenvalue weighted by atomic mass is 19.1. The van der Waals surface area contributed by atoms with Gasteiger partial charge in [0.25, 0.3) is 0 Å². The fraction of sp³-hybridized carbons (Fsp3) is 0.647. The van der Waals surface area contributed by atoms with Crippen molar-refractivity contribution in [1.29, 1.82) is 0 Å². The first-order valence-electron chi connectivity index (χ1n) is 7.90. The highest BCUT2D eigenvalue weighted by Gasteiger charge is 2.23. The first kappa shape index (κ1) is 16.2. The molecule has 1 aromatic rings. The monoisotopic (exact) mass is 294 g/mol. The predicted octanol–water partition coefficient (Wildman–Crippen LogP) is 3.42. The number of piperidine rings is 1. The third-order valence-electron chi connectivity index (χ3n) is 4.39. The van der Waals surface area contributed by atoms with E-state index in [-0.39, 0.29) is 11.9 Å². The van der Waals surface area contributed by atoms with E-state index in [1.165, 1.54) is 0 Å². The van der Waals surface area contributed by atoms with E-state index in [2.05, 4.69) is 17.1 Å². The number of nitrogens with one attached hydrogen (secondary N) is 1. The van der Waals surface area contributed by atoms with Crippen LogP contribution in [0, 0.1) is 12.7 Å². The van der Waals surface area contributed by atoms with Crippen LogP contribution in [0.3, 0.4) is 0 Å². The molecule has 0 bridgehead atoms. The summed E-state index contributed by atoms with van der Waals surface area (Å²) in [6.07, 6.45) is 2.45. The van der Waals surface area contributed by atoms with Crippen LogP contribution in [0.5, 0.6) is 0 Å². The van der Waals surface area contributed by atoms with E-state index in [9.17, 15) is 4.39 Å². The molecule has 1 atom stereocenters. The highest BCUT2D eigenvalue weighted by molar-refractivity contribution is 5.57. The van der Waals surface area contributed by atoms with Gasteiger partial charge in [-0.25, -0.2) is 4.39 Å². The predicted molar refractivity (Wildman–Crippen MR) is 85.5 cm³/mol. The van der Waals surface area contributed by atoms with Crippen LogP contribution in [-0.4, -0.2) is 32.8 Å². The lowest BCUT2D eigenvalue weighted by Gasteiger charge is -2.35. The molecular formula is C17H27FN2O. The Morgan fingerprint density at radius 3 is 2.62 bits per heavy atom. The molecule has 1 unspecified atom stereocenters. The Bertz CT molecular complexity index is 470. The van der Waals surface area contributed by atoms with Crippen LogP contribution in [0.2, 0.25) is 0 Å². The van der Waals surface area contributed by atoms with Crippen LogP contribution in [0.15, 0.2) is 12.1 Å². The van der Waals surface area contributed by atoms with Crippen molar-refractivity contribution in [1.82, 2.24) is 5.32 Å². The molecule has 3 nitrogen and oxygen atoms in total. The average Bonchev–Trinajstić information content (AvgIpc) is 2.50. The maximum atomic E-state index is 13.9. The zero-order valence-electron chi connectivity index (χ0n) is 13.6. The number of hydrogen-bond acceptors (Lipinski definition) is 3. The molecular weight excluding hydrogens is 267 g/mol. The van der Waals surface area contributed by atoms with E-state index in [1.807, 2.05) is 27.0 Å². The number of halogens is 1. The van der Waals surface area contributed by atoms with Crippen LogP contribution in [0.4, 0.5) is 10.1 Å². The van der Waals surface area contributed by atoms with Crippen molar-refractivity contribution in [2.24, 2.45) is 0 Å². The quantitative estimate of drug-likeness (QED) is 0.900. The molecule has 1 aliphatic heterocycles. The van der Waals surface area contributed by atoms with E-state index in [0.29, 0.717) is 11.7 Å². The summed E-state index contributed by atoms with van der Waals surface area (Å²) >= 11 is 0. The molecule has 2 rings (SSSR count). The number of benzene rings is 1. The van der Waals surface area contributed by atoms with Crippen molar-refractivity contribution in [2.75, 3.05) is 31.6 Å². The molecule has 0 amide bonds. The molecule has 0 aliphatic carbocycles. The van der Waals surface area contributed by atoms with Crippen molar-refractivity contribution >= 4 is 5.69 Å². The minimum absolute atomic E-state index is 0.125. The van der Waals surface area contributed by atoms with Gasteiger partial charge in [0.05, 0.1) is 6.10 Å². The second-order valence-electron chi connectivity index (χ2n) is 5.81. The van der Waals surface area contributed by atoms with E-state index >= 15 is 0 Å². The second kappa shape index (κ2) is 7.23. The van der Waals surface area contributed by atoms with Crippen LogP contribution >= 0.6 is 0 Å². The van der Waals surface area contributed by atoms with Gasteiger partial charge in [-0.15, -0.1) is 0 Å². The van der Waals surface area contributed by atoms with Gasteiger partial charge in [-0.1, -0.05) is 0 Å². The number of anilines is 1. The first-order chi connectivity index (χ1) is 10.1. The summed E-state index contributed by atoms with van der Waals surface area (Å²) in [7, 11) is 1.91. The Morgan fingerprint density at radius 1 is 1.38 bits per heavy atom. The molecule has 1 heterocycles. The summed E-state index contributed by atoms with van der Waals surface area (Å²) in [5.74, 6) is -0.125. The van der Waals surface area contributed by atoms with Crippen molar-refractivity contribution < 1.29 is 9.13 Å². The summed E-state index contributed by atoms with van der Waals surface area (Å²) in [4.78, 5) is 2.37. The van der Waals surface area contributed by atoms with Gasteiger partial charge < -0.3 is 15.0 Å². The van der Waals surface area contributed by atoms with Crippen molar-refractivity contribution in [3.63, 3.8) is 0 Å². The lowest BCUT2D eigenvalue weighted by molar-refractivity contribution is 0.0459. The molecule has 1 fully saturated rings. The molecule has 0 spiro atoms. The Balaban J connectivity index is 2.21. The van der Waals surface area contributed by atoms with E-state index in [4.69, 9.17) is 4.74 Å². The first-order valence-corrected chi connectivity index (χ1v) is 7.90. The molecule has 1 N–H and O–H groups in total. The van der Waals surface area contributed by atoms with E-state index in [0.717, 1.165) is 43.8 Å². The van der Waals surface area contributed by atoms with Gasteiger partial charge in [-0.2, -0.15) is 0 Å². The summed E-state index contributed by atoms with van der Waals surface area (Å²) in [6, 6.07) is 3.81. The summed E-state index contributed by atoms with van der Waals surface area (Å²) in [6.45, 7) is 8.67. The second-order valence-corrected chi connectivity index (χ2v) is 5.81. The molecule has 1 aliphatic rings. The van der Waals surface area contributed by atoms with Crippen molar-refractivity contribution in [3.8, 4) is 0 Å². The normalized spacial score (nSPS) is 18.0. The van der Waals surface area contributed by atoms with Gasteiger partial charge in [-0.05, 0) is 63.9 Å². The summed E-state index contributed by atoms with van der Waals surface area (Å²) in [5.41, 5.74) is 2.91. The Kier molecular flexibility index (Phi) is 5.59. The minimum Gasteiger partial charge on any atom is -0.378 e. The molecule has 1 aromatic carbocycles. The Labute approximate surface area is 127 Å². The van der Waals surface area contributed by atoms with Gasteiger partial charge in [0.2, 0.25) is 0 Å². The summed E-state index contributed by atoms with van der Waals surface area (Å²) in [5, 5.41) is 3.22. The molecule has 0 radical (unpaired) electrons. The smallest absolute Gasteiger partial charge is 0.126 e. The molecule has 1 saturated heterocycles. The Hall–Kier alpha value is -1.13. The third-order valence-corrected chi connectivity index (χ3v) is 4.39. The largest absolute Gasteiger partial charge is 0.378 e. The molecule has 21 heavy (non-hydrogen) atoms. The van der Waals surface area contributed by atoms with Crippen LogP contribution < -0.4 is 10.2 Å². The fourth-order valence-corrected chi connectivity index (χ4v) is 2.96. The minimum atomic E-state index is -0.125. The SMILES string of the molecule is CCOC1CCN(c2cc(C)c(F)cc2C(C)NC)CC1. The highest BCUT2D eigenvalue weighted by Crippen LogP contribution is 2.31. The summed E-state index contributed by atoms with van der Waals surface area (Å²) < 4.78 is 19.6. The van der Waals surface area contributed by atoms with Crippen LogP contribution in [0.1, 0.15) is 43.9 Å². The van der Waals surface area contributed by atoms with Gasteiger partial charge in [-0.3, -0.25) is 0 Å². The number of aryl methyl sites for hydroxylation is 1. The van der Waals surface area contributed by atoms with Gasteiger partial charge >= 0.3 is 0 Å². The fourth-order valence-electron chi connectivity index (χ4n) is 2.96. The maximum Gasteiger partial charge on any atom is 0.126 e. The average molecular weight is 294 g/mol. The zero-order valence-corrected chi connectivity index (χ0v) is 13.6. The number of ether oxygens (including phenoxy) is 1. The van der Waals surface area contributed by atoms with Crippen molar-refractivity contribution in [2.45, 2.75) is 45.8 Å². The maximum absolute atomic E-state index is 13.9. The molecule has 0 aromatic heterocycles. The van der Waals surface area contributed by atoms with Gasteiger partial charge in [0, 0.05) is 31.4 Å². The van der Waals surface area contributed by atoms with Gasteiger partial charge in [0.1, 0.15) is 5.82 Å². The number of rotatable bonds is 5. The third kappa shape index (κ3) is 3.74. The topological polar surface area (TPSA) is 24.5 Å². The molecule has 118 valence electrons. The molecule has 4 heteroatoms. The Morgan fingerprint density at radius 2 is 2.05 bits per heavy atom. The standard InChI is InChI=1S/C17H27FN2O/c1-5-21-14-6-8-20(9-7-14)17-10-12(2)16(18)11-15(17)13(3)19-4/h10-11,13-14,19H,5-9H2,1-4H3. The number of hydrogen-bond donors (Lipinski definition) is 1. The van der Waals surface area contributed by atoms with Crippen LogP contribution in [-0.2, 0) is 4.74 Å². The van der Waals surface area contributed by atoms with E-state index < -0.39 is 0 Å². The lowest BCUT2D eigenvalue weighted by Crippen LogP contribution is -2.38.